The number of hydrogen-bond acceptors (Lipinski definition) is 8. The van der Waals surface area contributed by atoms with Crippen LogP contribution < -0.4 is 5.32 Å². The van der Waals surface area contributed by atoms with Crippen LogP contribution in [0.5, 0.6) is 0 Å². The molecule has 0 spiro atoms. The van der Waals surface area contributed by atoms with Crippen molar-refractivity contribution in [2.45, 2.75) is 45.1 Å². The number of aromatic nitrogens is 2. The number of benzene rings is 3. The van der Waals surface area contributed by atoms with Crippen LogP contribution in [0, 0.1) is 11.8 Å². The van der Waals surface area contributed by atoms with Crippen LogP contribution in [0.1, 0.15) is 39.9 Å². The van der Waals surface area contributed by atoms with Crippen LogP contribution in [-0.2, 0) is 56.9 Å². The summed E-state index contributed by atoms with van der Waals surface area (Å²) >= 11 is 12.6. The molecule has 3 heterocycles. The standard InChI is InChI=1S/C38H41Cl2N5O5S/c1-49-38(46)36-26-50-21-20-43(36)17-3-18-45-35-16-19-44(51(2,47)48)25-33(35)37(42-45)31-12-15-34(40)30(22-31)11-8-27-4-6-28(7-5-27)23-41-24-29-9-13-32(39)14-10-29/h4-7,9-10,12-15,22,36,41H,3,16-21,23-26H2,1-2H3. The third kappa shape index (κ3) is 9.39. The zero-order valence-electron chi connectivity index (χ0n) is 28.7. The van der Waals surface area contributed by atoms with Gasteiger partial charge in [-0.05, 0) is 53.9 Å². The van der Waals surface area contributed by atoms with Gasteiger partial charge in [0.2, 0.25) is 10.0 Å². The van der Waals surface area contributed by atoms with Crippen LogP contribution in [-0.4, -0.2) is 85.6 Å². The number of carbonyl (C=O) groups is 1. The van der Waals surface area contributed by atoms with Gasteiger partial charge in [0, 0.05) is 85.2 Å². The SMILES string of the molecule is COC(=O)C1COCCN1CCCn1nc(-c2ccc(Cl)c(C#Cc3ccc(CNCc4ccc(Cl)cc4)cc3)c2)c2c1CCN(S(C)(=O)=O)C2. The number of morpholine rings is 1. The summed E-state index contributed by atoms with van der Waals surface area (Å²) in [5, 5.41) is 9.73. The van der Waals surface area contributed by atoms with E-state index in [2.05, 4.69) is 34.2 Å². The molecule has 268 valence electrons. The molecule has 1 fully saturated rings. The Bertz CT molecular complexity index is 2020. The average Bonchev–Trinajstić information content (AvgIpc) is 3.50. The quantitative estimate of drug-likeness (QED) is 0.166. The number of carbonyl (C=O) groups excluding carboxylic acids is 1. The smallest absolute Gasteiger partial charge is 0.325 e. The monoisotopic (exact) mass is 749 g/mol. The van der Waals surface area contributed by atoms with Crippen molar-refractivity contribution in [2.75, 3.05) is 46.2 Å². The molecule has 0 aliphatic carbocycles. The maximum absolute atomic E-state index is 12.6. The Hall–Kier alpha value is -3.73. The van der Waals surface area contributed by atoms with Crippen molar-refractivity contribution in [1.29, 1.82) is 0 Å². The van der Waals surface area contributed by atoms with E-state index in [1.807, 2.05) is 59.3 Å². The number of sulfonamides is 1. The lowest BCUT2D eigenvalue weighted by molar-refractivity contribution is -0.153. The van der Waals surface area contributed by atoms with E-state index in [9.17, 15) is 13.2 Å². The van der Waals surface area contributed by atoms with Crippen molar-refractivity contribution >= 4 is 39.2 Å². The fourth-order valence-electron chi connectivity index (χ4n) is 6.42. The normalized spacial score (nSPS) is 16.7. The summed E-state index contributed by atoms with van der Waals surface area (Å²) in [5.41, 5.74) is 7.25. The number of hydrogen-bond donors (Lipinski definition) is 1. The molecule has 2 aliphatic heterocycles. The number of fused-ring (bicyclic) bond motifs is 1. The first-order valence-electron chi connectivity index (χ1n) is 16.9. The summed E-state index contributed by atoms with van der Waals surface area (Å²) in [5.74, 6) is 6.17. The van der Waals surface area contributed by atoms with Crippen molar-refractivity contribution in [3.8, 4) is 23.1 Å². The molecule has 0 amide bonds. The van der Waals surface area contributed by atoms with E-state index in [4.69, 9.17) is 37.8 Å². The molecule has 0 radical (unpaired) electrons. The summed E-state index contributed by atoms with van der Waals surface area (Å²) < 4.78 is 39.1. The van der Waals surface area contributed by atoms with Crippen LogP contribution in [0.4, 0.5) is 0 Å². The van der Waals surface area contributed by atoms with Crippen LogP contribution >= 0.6 is 23.2 Å². The summed E-state index contributed by atoms with van der Waals surface area (Å²) in [6.07, 6.45) is 2.53. The Morgan fingerprint density at radius 1 is 1.00 bits per heavy atom. The number of methoxy groups -OCH3 is 1. The van der Waals surface area contributed by atoms with Gasteiger partial charge in [0.25, 0.3) is 0 Å². The van der Waals surface area contributed by atoms with Gasteiger partial charge in [-0.1, -0.05) is 65.4 Å². The lowest BCUT2D eigenvalue weighted by Crippen LogP contribution is -2.50. The lowest BCUT2D eigenvalue weighted by Gasteiger charge is -2.33. The molecule has 1 saturated heterocycles. The summed E-state index contributed by atoms with van der Waals surface area (Å²) in [7, 11) is -2.01. The lowest BCUT2D eigenvalue weighted by atomic mass is 10.0. The zero-order valence-corrected chi connectivity index (χ0v) is 31.0. The Balaban J connectivity index is 1.18. The van der Waals surface area contributed by atoms with Gasteiger partial charge >= 0.3 is 5.97 Å². The van der Waals surface area contributed by atoms with Gasteiger partial charge in [-0.3, -0.25) is 14.4 Å². The molecule has 4 aromatic rings. The third-order valence-electron chi connectivity index (χ3n) is 9.20. The Morgan fingerprint density at radius 3 is 2.43 bits per heavy atom. The maximum atomic E-state index is 12.6. The third-order valence-corrected chi connectivity index (χ3v) is 11.0. The van der Waals surface area contributed by atoms with Gasteiger partial charge in [0.05, 0.1) is 37.3 Å². The summed E-state index contributed by atoms with van der Waals surface area (Å²) in [6, 6.07) is 21.1. The van der Waals surface area contributed by atoms with Crippen molar-refractivity contribution in [2.24, 2.45) is 0 Å². The first-order chi connectivity index (χ1) is 24.6. The molecule has 1 aromatic heterocycles. The van der Waals surface area contributed by atoms with Crippen LogP contribution in [0.15, 0.2) is 66.7 Å². The Kier molecular flexibility index (Phi) is 12.2. The second kappa shape index (κ2) is 16.7. The average molecular weight is 751 g/mol. The number of ether oxygens (including phenoxy) is 2. The molecule has 51 heavy (non-hydrogen) atoms. The highest BCUT2D eigenvalue weighted by Gasteiger charge is 2.32. The zero-order chi connectivity index (χ0) is 36.0. The maximum Gasteiger partial charge on any atom is 0.325 e. The van der Waals surface area contributed by atoms with Gasteiger partial charge in [-0.15, -0.1) is 0 Å². The van der Waals surface area contributed by atoms with E-state index in [0.29, 0.717) is 62.1 Å². The molecule has 0 bridgehead atoms. The molecule has 0 saturated carbocycles. The van der Waals surface area contributed by atoms with E-state index >= 15 is 0 Å². The molecular weight excluding hydrogens is 709 g/mol. The molecule has 1 unspecified atom stereocenters. The summed E-state index contributed by atoms with van der Waals surface area (Å²) in [6.45, 7) is 4.89. The Morgan fingerprint density at radius 2 is 1.73 bits per heavy atom. The van der Waals surface area contributed by atoms with Crippen molar-refractivity contribution in [3.63, 3.8) is 0 Å². The van der Waals surface area contributed by atoms with Crippen LogP contribution in [0.25, 0.3) is 11.3 Å². The highest BCUT2D eigenvalue weighted by molar-refractivity contribution is 7.88. The fraction of sp³-hybridized carbons (Fsp3) is 0.368. The van der Waals surface area contributed by atoms with Gasteiger partial charge in [0.15, 0.2) is 0 Å². The van der Waals surface area contributed by atoms with E-state index in [-0.39, 0.29) is 12.5 Å². The van der Waals surface area contributed by atoms with Gasteiger partial charge in [-0.25, -0.2) is 8.42 Å². The molecule has 13 heteroatoms. The number of rotatable bonds is 11. The predicted molar refractivity (Wildman–Crippen MR) is 199 cm³/mol. The number of nitrogens with one attached hydrogen (secondary N) is 1. The van der Waals surface area contributed by atoms with Gasteiger partial charge < -0.3 is 14.8 Å². The number of halogens is 2. The van der Waals surface area contributed by atoms with Crippen molar-refractivity contribution in [3.05, 3.63) is 110 Å². The van der Waals surface area contributed by atoms with Crippen molar-refractivity contribution < 1.29 is 22.7 Å². The second-order valence-corrected chi connectivity index (χ2v) is 15.5. The van der Waals surface area contributed by atoms with Gasteiger partial charge in [0.1, 0.15) is 6.04 Å². The highest BCUT2D eigenvalue weighted by atomic mass is 35.5. The molecular formula is C38H41Cl2N5O5S. The fourth-order valence-corrected chi connectivity index (χ4v) is 7.49. The number of aryl methyl sites for hydroxylation is 1. The number of esters is 1. The van der Waals surface area contributed by atoms with E-state index in [1.54, 1.807) is 0 Å². The minimum Gasteiger partial charge on any atom is -0.468 e. The number of nitrogens with zero attached hydrogens (tertiary/aromatic N) is 4. The van der Waals surface area contributed by atoms with Crippen LogP contribution in [0.2, 0.25) is 10.0 Å². The molecule has 2 aliphatic rings. The molecule has 3 aromatic carbocycles. The predicted octanol–water partition coefficient (Wildman–Crippen LogP) is 5.13. The Labute approximate surface area is 309 Å². The van der Waals surface area contributed by atoms with Crippen molar-refractivity contribution in [1.82, 2.24) is 24.3 Å². The van der Waals surface area contributed by atoms with E-state index in [1.165, 1.54) is 23.2 Å². The minimum atomic E-state index is -3.40. The molecule has 1 N–H and O–H groups in total. The summed E-state index contributed by atoms with van der Waals surface area (Å²) in [4.78, 5) is 14.4. The molecule has 6 rings (SSSR count). The van der Waals surface area contributed by atoms with E-state index < -0.39 is 16.1 Å². The molecule has 10 nitrogen and oxygen atoms in total. The minimum absolute atomic E-state index is 0.238. The van der Waals surface area contributed by atoms with Gasteiger partial charge in [-0.2, -0.15) is 9.40 Å². The van der Waals surface area contributed by atoms with E-state index in [0.717, 1.165) is 52.5 Å². The topological polar surface area (TPSA) is 106 Å². The first kappa shape index (κ1) is 37.0. The molecule has 1 atom stereocenters. The second-order valence-electron chi connectivity index (χ2n) is 12.7. The highest BCUT2D eigenvalue weighted by Crippen LogP contribution is 2.33. The van der Waals surface area contributed by atoms with Crippen LogP contribution in [0.3, 0.4) is 0 Å². The first-order valence-corrected chi connectivity index (χ1v) is 19.5. The largest absolute Gasteiger partial charge is 0.468 e.